The molecule has 0 unspecified atom stereocenters. The molecule has 3 rings (SSSR count). The second kappa shape index (κ2) is 5.72. The lowest BCUT2D eigenvalue weighted by Gasteiger charge is -2.36. The van der Waals surface area contributed by atoms with E-state index in [2.05, 4.69) is 32.2 Å². The van der Waals surface area contributed by atoms with E-state index in [1.807, 2.05) is 6.07 Å². The summed E-state index contributed by atoms with van der Waals surface area (Å²) in [5.74, 6) is 0.902. The summed E-state index contributed by atoms with van der Waals surface area (Å²) >= 11 is 3.37. The number of phenolic OH excluding ortho intramolecular Hbond substituents is 1. The second-order valence-electron chi connectivity index (χ2n) is 5.58. The first-order valence-corrected chi connectivity index (χ1v) is 7.87. The molecule has 0 amide bonds. The molecule has 1 aromatic carbocycles. The van der Waals surface area contributed by atoms with E-state index in [0.29, 0.717) is 21.7 Å². The lowest BCUT2D eigenvalue weighted by atomic mass is 9.97. The molecule has 2 aliphatic rings. The highest BCUT2D eigenvalue weighted by atomic mass is 79.9. The number of nitrogens with zero attached hydrogens (tertiary/aromatic N) is 2. The van der Waals surface area contributed by atoms with Crippen LogP contribution in [0.15, 0.2) is 16.6 Å². The highest BCUT2D eigenvalue weighted by Gasteiger charge is 2.38. The maximum absolute atomic E-state index is 10.4. The van der Waals surface area contributed by atoms with Gasteiger partial charge in [-0.3, -0.25) is 4.90 Å². The Morgan fingerprint density at radius 2 is 2.05 bits per heavy atom. The lowest BCUT2D eigenvalue weighted by Crippen LogP contribution is -2.45. The standard InChI is InChI=1S/C15H18BrN3O/c16-13-8-10(9-17)7-12(15(13)20)14(11-1-2-11)19-5-3-18-4-6-19/h7-8,11,14,18,20H,1-6H2/t14-/m1/s1. The highest BCUT2D eigenvalue weighted by Crippen LogP contribution is 2.48. The molecule has 1 heterocycles. The fourth-order valence-corrected chi connectivity index (χ4v) is 3.51. The highest BCUT2D eigenvalue weighted by molar-refractivity contribution is 9.10. The summed E-state index contributed by atoms with van der Waals surface area (Å²) in [4.78, 5) is 2.44. The maximum Gasteiger partial charge on any atom is 0.134 e. The number of aromatic hydroxyl groups is 1. The summed E-state index contributed by atoms with van der Waals surface area (Å²) in [6.07, 6.45) is 2.42. The molecule has 1 saturated heterocycles. The van der Waals surface area contributed by atoms with E-state index in [4.69, 9.17) is 5.26 Å². The van der Waals surface area contributed by atoms with Crippen LogP contribution in [0.4, 0.5) is 0 Å². The first kappa shape index (κ1) is 13.9. The Morgan fingerprint density at radius 1 is 1.35 bits per heavy atom. The number of nitrogens with one attached hydrogen (secondary N) is 1. The number of nitriles is 1. The molecule has 0 radical (unpaired) electrons. The van der Waals surface area contributed by atoms with Crippen LogP contribution in [0, 0.1) is 17.2 Å². The summed E-state index contributed by atoms with van der Waals surface area (Å²) in [5.41, 5.74) is 1.51. The van der Waals surface area contributed by atoms with Gasteiger partial charge in [0.2, 0.25) is 0 Å². The smallest absolute Gasteiger partial charge is 0.134 e. The van der Waals surface area contributed by atoms with Crippen LogP contribution >= 0.6 is 15.9 Å². The van der Waals surface area contributed by atoms with Crippen molar-refractivity contribution in [1.82, 2.24) is 10.2 Å². The quantitative estimate of drug-likeness (QED) is 0.890. The van der Waals surface area contributed by atoms with Crippen molar-refractivity contribution >= 4 is 15.9 Å². The average Bonchev–Trinajstić information content (AvgIpc) is 3.29. The molecule has 106 valence electrons. The van der Waals surface area contributed by atoms with Gasteiger partial charge in [0.25, 0.3) is 0 Å². The minimum atomic E-state index is 0.238. The van der Waals surface area contributed by atoms with Crippen LogP contribution in [0.1, 0.15) is 30.0 Å². The summed E-state index contributed by atoms with van der Waals surface area (Å²) in [6.45, 7) is 3.97. The zero-order valence-electron chi connectivity index (χ0n) is 11.3. The zero-order chi connectivity index (χ0) is 14.1. The van der Waals surface area contributed by atoms with Crippen molar-refractivity contribution < 1.29 is 5.11 Å². The van der Waals surface area contributed by atoms with Gasteiger partial charge in [-0.2, -0.15) is 5.26 Å². The van der Waals surface area contributed by atoms with Gasteiger partial charge in [-0.1, -0.05) is 0 Å². The molecule has 4 nitrogen and oxygen atoms in total. The number of piperazine rings is 1. The molecular weight excluding hydrogens is 318 g/mol. The van der Waals surface area contributed by atoms with Crippen LogP contribution in [0.5, 0.6) is 5.75 Å². The number of phenols is 1. The summed E-state index contributed by atoms with van der Waals surface area (Å²) < 4.78 is 0.618. The number of hydrogen-bond donors (Lipinski definition) is 2. The molecule has 5 heteroatoms. The zero-order valence-corrected chi connectivity index (χ0v) is 12.9. The van der Waals surface area contributed by atoms with Crippen molar-refractivity contribution in [2.45, 2.75) is 18.9 Å². The number of halogens is 1. The lowest BCUT2D eigenvalue weighted by molar-refractivity contribution is 0.153. The van der Waals surface area contributed by atoms with E-state index < -0.39 is 0 Å². The number of hydrogen-bond acceptors (Lipinski definition) is 4. The monoisotopic (exact) mass is 335 g/mol. The fraction of sp³-hybridized carbons (Fsp3) is 0.533. The average molecular weight is 336 g/mol. The second-order valence-corrected chi connectivity index (χ2v) is 6.43. The molecule has 2 fully saturated rings. The molecule has 2 N–H and O–H groups in total. The van der Waals surface area contributed by atoms with Crippen LogP contribution in [0.25, 0.3) is 0 Å². The third-order valence-corrected chi connectivity index (χ3v) is 4.76. The Kier molecular flexibility index (Phi) is 3.97. The molecule has 1 atom stereocenters. The third-order valence-electron chi connectivity index (χ3n) is 4.15. The first-order valence-electron chi connectivity index (χ1n) is 7.08. The van der Waals surface area contributed by atoms with Crippen molar-refractivity contribution in [3.63, 3.8) is 0 Å². The minimum absolute atomic E-state index is 0.238. The van der Waals surface area contributed by atoms with Gasteiger partial charge < -0.3 is 10.4 Å². The van der Waals surface area contributed by atoms with Gasteiger partial charge in [-0.25, -0.2) is 0 Å². The summed E-state index contributed by atoms with van der Waals surface area (Å²) in [7, 11) is 0. The van der Waals surface area contributed by atoms with Gasteiger partial charge in [0.1, 0.15) is 5.75 Å². The van der Waals surface area contributed by atoms with Gasteiger partial charge in [-0.15, -0.1) is 0 Å². The van der Waals surface area contributed by atoms with Crippen molar-refractivity contribution in [3.8, 4) is 11.8 Å². The van der Waals surface area contributed by atoms with Crippen LogP contribution in [0.2, 0.25) is 0 Å². The van der Waals surface area contributed by atoms with Crippen molar-refractivity contribution in [1.29, 1.82) is 5.26 Å². The fourth-order valence-electron chi connectivity index (χ4n) is 3.03. The van der Waals surface area contributed by atoms with Crippen LogP contribution < -0.4 is 5.32 Å². The largest absolute Gasteiger partial charge is 0.506 e. The van der Waals surface area contributed by atoms with Crippen molar-refractivity contribution in [2.75, 3.05) is 26.2 Å². The van der Waals surface area contributed by atoms with E-state index >= 15 is 0 Å². The predicted octanol–water partition coefficient (Wildman–Crippen LogP) is 2.38. The molecule has 20 heavy (non-hydrogen) atoms. The maximum atomic E-state index is 10.4. The number of benzene rings is 1. The van der Waals surface area contributed by atoms with Crippen LogP contribution in [-0.4, -0.2) is 36.2 Å². The topological polar surface area (TPSA) is 59.3 Å². The van der Waals surface area contributed by atoms with Gasteiger partial charge in [0.05, 0.1) is 16.1 Å². The first-order chi connectivity index (χ1) is 9.70. The third kappa shape index (κ3) is 2.69. The van der Waals surface area contributed by atoms with Gasteiger partial charge >= 0.3 is 0 Å². The van der Waals surface area contributed by atoms with Gasteiger partial charge in [0, 0.05) is 37.8 Å². The predicted molar refractivity (Wildman–Crippen MR) is 80.4 cm³/mol. The minimum Gasteiger partial charge on any atom is -0.506 e. The van der Waals surface area contributed by atoms with Crippen LogP contribution in [0.3, 0.4) is 0 Å². The van der Waals surface area contributed by atoms with E-state index in [1.165, 1.54) is 12.8 Å². The summed E-state index contributed by atoms with van der Waals surface area (Å²) in [5, 5.41) is 22.9. The molecular formula is C15H18BrN3O. The van der Waals surface area contributed by atoms with E-state index in [0.717, 1.165) is 31.7 Å². The molecule has 1 aromatic rings. The molecule has 0 spiro atoms. The molecule has 1 aliphatic carbocycles. The molecule has 1 aliphatic heterocycles. The molecule has 0 bridgehead atoms. The molecule has 1 saturated carbocycles. The van der Waals surface area contributed by atoms with E-state index in [1.54, 1.807) is 6.07 Å². The Hall–Kier alpha value is -1.09. The normalized spacial score (nSPS) is 21.4. The van der Waals surface area contributed by atoms with Gasteiger partial charge in [0.15, 0.2) is 0 Å². The number of rotatable bonds is 3. The Morgan fingerprint density at radius 3 is 2.65 bits per heavy atom. The Labute approximate surface area is 127 Å². The van der Waals surface area contributed by atoms with E-state index in [-0.39, 0.29) is 6.04 Å². The molecule has 0 aromatic heterocycles. The van der Waals surface area contributed by atoms with Crippen LogP contribution in [-0.2, 0) is 0 Å². The summed E-state index contributed by atoms with van der Waals surface area (Å²) in [6, 6.07) is 5.95. The van der Waals surface area contributed by atoms with Crippen molar-refractivity contribution in [3.05, 3.63) is 27.7 Å². The Bertz CT molecular complexity index is 545. The Balaban J connectivity index is 1.98. The SMILES string of the molecule is N#Cc1cc(Br)c(O)c([C@@H](C2CC2)N2CCNCC2)c1. The van der Waals surface area contributed by atoms with Crippen molar-refractivity contribution in [2.24, 2.45) is 5.92 Å². The van der Waals surface area contributed by atoms with E-state index in [9.17, 15) is 5.11 Å². The van der Waals surface area contributed by atoms with Gasteiger partial charge in [-0.05, 0) is 46.8 Å².